The molecule has 0 aromatic carbocycles. The zero-order chi connectivity index (χ0) is 15.6. The van der Waals surface area contributed by atoms with Gasteiger partial charge in [-0.05, 0) is 46.2 Å². The molecule has 1 aromatic rings. The lowest BCUT2D eigenvalue weighted by Crippen LogP contribution is -2.44. The lowest BCUT2D eigenvalue weighted by molar-refractivity contribution is -0.152. The van der Waals surface area contributed by atoms with Gasteiger partial charge in [0.25, 0.3) is 0 Å². The molecule has 21 heavy (non-hydrogen) atoms. The first kappa shape index (κ1) is 16.0. The van der Waals surface area contributed by atoms with E-state index in [4.69, 9.17) is 0 Å². The van der Waals surface area contributed by atoms with Gasteiger partial charge in [0.2, 0.25) is 0 Å². The quantitative estimate of drug-likeness (QED) is 0.906. The van der Waals surface area contributed by atoms with Crippen molar-refractivity contribution in [3.8, 4) is 0 Å². The number of piperidine rings is 1. The Bertz CT molecular complexity index is 514. The number of nitrogens with zero attached hydrogens (tertiary/aromatic N) is 3. The lowest BCUT2D eigenvalue weighted by atomic mass is 9.75. The molecule has 5 heteroatoms. The van der Waals surface area contributed by atoms with Crippen molar-refractivity contribution in [2.24, 2.45) is 12.5 Å². The first-order chi connectivity index (χ1) is 9.89. The van der Waals surface area contributed by atoms with E-state index in [0.29, 0.717) is 0 Å². The number of rotatable bonds is 5. The van der Waals surface area contributed by atoms with Gasteiger partial charge in [-0.3, -0.25) is 14.4 Å². The Labute approximate surface area is 126 Å². The molecule has 0 atom stereocenters. The molecule has 0 unspecified atom stereocenters. The second-order valence-electron chi connectivity index (χ2n) is 6.38. The van der Waals surface area contributed by atoms with Crippen molar-refractivity contribution in [1.82, 2.24) is 14.7 Å². The second-order valence-corrected chi connectivity index (χ2v) is 6.38. The summed E-state index contributed by atoms with van der Waals surface area (Å²) in [4.78, 5) is 14.0. The molecule has 1 N–H and O–H groups in total. The first-order valence-electron chi connectivity index (χ1n) is 7.84. The second kappa shape index (κ2) is 6.18. The Morgan fingerprint density at radius 2 is 1.95 bits per heavy atom. The van der Waals surface area contributed by atoms with Gasteiger partial charge in [0.1, 0.15) is 0 Å². The molecule has 1 aliphatic heterocycles. The van der Waals surface area contributed by atoms with Crippen LogP contribution in [0.4, 0.5) is 0 Å². The Kier molecular flexibility index (Phi) is 4.71. The van der Waals surface area contributed by atoms with Crippen LogP contribution in [0.1, 0.15) is 49.6 Å². The highest BCUT2D eigenvalue weighted by Crippen LogP contribution is 2.37. The molecule has 1 aliphatic rings. The molecule has 0 saturated carbocycles. The summed E-state index contributed by atoms with van der Waals surface area (Å²) < 4.78 is 1.92. The Morgan fingerprint density at radius 1 is 1.33 bits per heavy atom. The number of aryl methyl sites for hydroxylation is 2. The minimum Gasteiger partial charge on any atom is -0.481 e. The van der Waals surface area contributed by atoms with E-state index in [0.717, 1.165) is 51.0 Å². The van der Waals surface area contributed by atoms with E-state index in [2.05, 4.69) is 23.8 Å². The predicted molar refractivity (Wildman–Crippen MR) is 82.2 cm³/mol. The maximum Gasteiger partial charge on any atom is 0.309 e. The van der Waals surface area contributed by atoms with E-state index in [-0.39, 0.29) is 0 Å². The van der Waals surface area contributed by atoms with Crippen molar-refractivity contribution in [2.75, 3.05) is 13.1 Å². The third-order valence-electron chi connectivity index (χ3n) is 5.04. The van der Waals surface area contributed by atoms with Gasteiger partial charge >= 0.3 is 5.97 Å². The standard InChI is InChI=1S/C16H27N3O2/c1-5-6-16(15(20)21)7-9-19(10-8-16)11-14-12(2)17-18(4)13(14)3/h5-11H2,1-4H3,(H,20,21). The number of carboxylic acid groups (broad SMARTS) is 1. The Balaban J connectivity index is 2.02. The number of hydrogen-bond donors (Lipinski definition) is 1. The third-order valence-corrected chi connectivity index (χ3v) is 5.04. The van der Waals surface area contributed by atoms with Crippen LogP contribution in [0.2, 0.25) is 0 Å². The van der Waals surface area contributed by atoms with Gasteiger partial charge in [-0.1, -0.05) is 13.3 Å². The minimum absolute atomic E-state index is 0.496. The van der Waals surface area contributed by atoms with Gasteiger partial charge < -0.3 is 5.11 Å². The van der Waals surface area contributed by atoms with Crippen molar-refractivity contribution >= 4 is 5.97 Å². The molecule has 0 spiro atoms. The maximum absolute atomic E-state index is 11.6. The van der Waals surface area contributed by atoms with E-state index < -0.39 is 11.4 Å². The minimum atomic E-state index is -0.613. The fourth-order valence-electron chi connectivity index (χ4n) is 3.46. The molecular weight excluding hydrogens is 266 g/mol. The average molecular weight is 293 g/mol. The summed E-state index contributed by atoms with van der Waals surface area (Å²) >= 11 is 0. The number of aromatic nitrogens is 2. The number of hydrogen-bond acceptors (Lipinski definition) is 3. The van der Waals surface area contributed by atoms with Crippen LogP contribution in [-0.4, -0.2) is 38.8 Å². The fourth-order valence-corrected chi connectivity index (χ4v) is 3.46. The highest BCUT2D eigenvalue weighted by molar-refractivity contribution is 5.74. The molecule has 2 rings (SSSR count). The molecule has 118 valence electrons. The largest absolute Gasteiger partial charge is 0.481 e. The zero-order valence-electron chi connectivity index (χ0n) is 13.6. The summed E-state index contributed by atoms with van der Waals surface area (Å²) in [7, 11) is 1.97. The number of likely N-dealkylation sites (tertiary alicyclic amines) is 1. The average Bonchev–Trinajstić information content (AvgIpc) is 2.67. The first-order valence-corrected chi connectivity index (χ1v) is 7.84. The molecule has 0 bridgehead atoms. The number of carboxylic acids is 1. The van der Waals surface area contributed by atoms with Crippen LogP contribution in [0.5, 0.6) is 0 Å². The molecule has 5 nitrogen and oxygen atoms in total. The lowest BCUT2D eigenvalue weighted by Gasteiger charge is -2.38. The van der Waals surface area contributed by atoms with Gasteiger partial charge in [0.15, 0.2) is 0 Å². The van der Waals surface area contributed by atoms with E-state index in [1.165, 1.54) is 11.3 Å². The van der Waals surface area contributed by atoms with Crippen LogP contribution < -0.4 is 0 Å². The van der Waals surface area contributed by atoms with Crippen LogP contribution in [0, 0.1) is 19.3 Å². The van der Waals surface area contributed by atoms with Gasteiger partial charge in [0.05, 0.1) is 11.1 Å². The molecule has 1 saturated heterocycles. The normalized spacial score (nSPS) is 18.9. The summed E-state index contributed by atoms with van der Waals surface area (Å²) in [6.45, 7) is 8.82. The molecule has 1 aromatic heterocycles. The van der Waals surface area contributed by atoms with Crippen LogP contribution in [0.15, 0.2) is 0 Å². The van der Waals surface area contributed by atoms with Crippen molar-refractivity contribution in [2.45, 2.75) is 53.0 Å². The summed E-state index contributed by atoms with van der Waals surface area (Å²) in [6, 6.07) is 0. The molecule has 2 heterocycles. The zero-order valence-corrected chi connectivity index (χ0v) is 13.6. The maximum atomic E-state index is 11.6. The van der Waals surface area contributed by atoms with E-state index in [1.807, 2.05) is 18.7 Å². The van der Waals surface area contributed by atoms with Gasteiger partial charge in [0, 0.05) is 24.8 Å². The van der Waals surface area contributed by atoms with E-state index >= 15 is 0 Å². The monoisotopic (exact) mass is 293 g/mol. The van der Waals surface area contributed by atoms with Crippen molar-refractivity contribution in [3.05, 3.63) is 17.0 Å². The summed E-state index contributed by atoms with van der Waals surface area (Å²) in [5.74, 6) is -0.613. The molecule has 0 radical (unpaired) electrons. The van der Waals surface area contributed by atoms with Gasteiger partial charge in [-0.2, -0.15) is 5.10 Å². The van der Waals surface area contributed by atoms with Crippen molar-refractivity contribution in [1.29, 1.82) is 0 Å². The summed E-state index contributed by atoms with van der Waals surface area (Å²) in [6.07, 6.45) is 3.25. The van der Waals surface area contributed by atoms with Crippen molar-refractivity contribution < 1.29 is 9.90 Å². The van der Waals surface area contributed by atoms with Gasteiger partial charge in [-0.15, -0.1) is 0 Å². The molecular formula is C16H27N3O2. The fraction of sp³-hybridized carbons (Fsp3) is 0.750. The van der Waals surface area contributed by atoms with Gasteiger partial charge in [-0.25, -0.2) is 0 Å². The van der Waals surface area contributed by atoms with Crippen LogP contribution in [0.3, 0.4) is 0 Å². The smallest absolute Gasteiger partial charge is 0.309 e. The predicted octanol–water partition coefficient (Wildman–Crippen LogP) is 2.50. The van der Waals surface area contributed by atoms with Crippen LogP contribution in [0.25, 0.3) is 0 Å². The number of aliphatic carboxylic acids is 1. The highest BCUT2D eigenvalue weighted by Gasteiger charge is 2.40. The highest BCUT2D eigenvalue weighted by atomic mass is 16.4. The SMILES string of the molecule is CCCC1(C(=O)O)CCN(Cc2c(C)nn(C)c2C)CC1. The molecule has 0 aliphatic carbocycles. The summed E-state index contributed by atoms with van der Waals surface area (Å²) in [5, 5.41) is 14.0. The molecule has 1 fully saturated rings. The van der Waals surface area contributed by atoms with E-state index in [1.54, 1.807) is 0 Å². The number of carbonyl (C=O) groups is 1. The summed E-state index contributed by atoms with van der Waals surface area (Å²) in [5.41, 5.74) is 3.08. The molecule has 0 amide bonds. The van der Waals surface area contributed by atoms with Crippen molar-refractivity contribution in [3.63, 3.8) is 0 Å². The Morgan fingerprint density at radius 3 is 2.38 bits per heavy atom. The van der Waals surface area contributed by atoms with E-state index in [9.17, 15) is 9.90 Å². The van der Waals surface area contributed by atoms with Crippen LogP contribution in [-0.2, 0) is 18.4 Å². The van der Waals surface area contributed by atoms with Crippen LogP contribution >= 0.6 is 0 Å². The third kappa shape index (κ3) is 3.12. The topological polar surface area (TPSA) is 58.4 Å². The Hall–Kier alpha value is -1.36.